The second-order valence-corrected chi connectivity index (χ2v) is 5.30. The smallest absolute Gasteiger partial charge is 0.304 e. The van der Waals surface area contributed by atoms with Crippen molar-refractivity contribution in [2.75, 3.05) is 6.54 Å². The molecule has 0 aliphatic heterocycles. The highest BCUT2D eigenvalue weighted by Crippen LogP contribution is 2.10. The average Bonchev–Trinajstić information content (AvgIpc) is 2.68. The maximum atomic E-state index is 11.8. The molecule has 5 nitrogen and oxygen atoms in total. The topological polar surface area (TPSA) is 88.0 Å². The molecule has 1 amide bonds. The van der Waals surface area contributed by atoms with Crippen LogP contribution in [0.15, 0.2) is 10.2 Å². The summed E-state index contributed by atoms with van der Waals surface area (Å²) >= 11 is 1.09. The van der Waals surface area contributed by atoms with E-state index >= 15 is 0 Å². The molecule has 0 aliphatic carbocycles. The lowest BCUT2D eigenvalue weighted by Crippen LogP contribution is -2.35. The van der Waals surface area contributed by atoms with Crippen molar-refractivity contribution >= 4 is 17.2 Å². The van der Waals surface area contributed by atoms with Gasteiger partial charge in [-0.1, -0.05) is 25.2 Å². The average molecular weight is 257 g/mol. The maximum Gasteiger partial charge on any atom is 0.304 e. The molecule has 0 bridgehead atoms. The fraction of sp³-hybridized carbons (Fsp3) is 0.636. The van der Waals surface area contributed by atoms with Crippen molar-refractivity contribution in [3.05, 3.63) is 20.7 Å². The van der Waals surface area contributed by atoms with Crippen molar-refractivity contribution in [1.29, 1.82) is 0 Å². The monoisotopic (exact) mass is 257 g/mol. The molecule has 0 saturated heterocycles. The number of hydrogen-bond donors (Lipinski definition) is 3. The van der Waals surface area contributed by atoms with E-state index in [-0.39, 0.29) is 16.7 Å². The van der Waals surface area contributed by atoms with E-state index in [9.17, 15) is 9.59 Å². The van der Waals surface area contributed by atoms with E-state index in [1.807, 2.05) is 0 Å². The molecule has 0 saturated carbocycles. The van der Waals surface area contributed by atoms with Crippen LogP contribution in [0.5, 0.6) is 0 Å². The number of nitrogens with two attached hydrogens (primary N) is 1. The number of hydrogen-bond acceptors (Lipinski definition) is 4. The largest absolute Gasteiger partial charge is 0.350 e. The fourth-order valence-corrected chi connectivity index (χ4v) is 2.19. The first-order valence-corrected chi connectivity index (χ1v) is 6.55. The van der Waals surface area contributed by atoms with Crippen LogP contribution in [0.4, 0.5) is 0 Å². The highest BCUT2D eigenvalue weighted by Gasteiger charge is 2.17. The third-order valence-corrected chi connectivity index (χ3v) is 3.15. The molecule has 0 spiro atoms. The Bertz CT molecular complexity index is 411. The Labute approximate surface area is 104 Å². The van der Waals surface area contributed by atoms with Crippen molar-refractivity contribution in [3.63, 3.8) is 0 Å². The minimum absolute atomic E-state index is 0.0479. The van der Waals surface area contributed by atoms with Crippen LogP contribution in [0.1, 0.15) is 26.0 Å². The molecule has 1 aromatic heterocycles. The van der Waals surface area contributed by atoms with Crippen LogP contribution in [0, 0.1) is 11.8 Å². The van der Waals surface area contributed by atoms with E-state index in [1.54, 1.807) is 5.38 Å². The molecule has 17 heavy (non-hydrogen) atoms. The molecule has 1 heterocycles. The first kappa shape index (κ1) is 13.9. The van der Waals surface area contributed by atoms with Crippen LogP contribution < -0.4 is 15.9 Å². The zero-order chi connectivity index (χ0) is 12.8. The summed E-state index contributed by atoms with van der Waals surface area (Å²) in [5.74, 6) is 0.240. The third kappa shape index (κ3) is 4.70. The Morgan fingerprint density at radius 2 is 2.29 bits per heavy atom. The van der Waals surface area contributed by atoms with Gasteiger partial charge in [0.15, 0.2) is 0 Å². The molecule has 1 atom stereocenters. The van der Waals surface area contributed by atoms with Crippen molar-refractivity contribution in [2.45, 2.75) is 26.8 Å². The van der Waals surface area contributed by atoms with Crippen LogP contribution in [-0.2, 0) is 11.3 Å². The van der Waals surface area contributed by atoms with Crippen LogP contribution in [0.3, 0.4) is 0 Å². The van der Waals surface area contributed by atoms with Gasteiger partial charge in [0.25, 0.3) is 0 Å². The molecule has 0 aliphatic rings. The number of nitrogens with one attached hydrogen (secondary N) is 2. The molecule has 1 aromatic rings. The van der Waals surface area contributed by atoms with Gasteiger partial charge >= 0.3 is 4.87 Å². The maximum absolute atomic E-state index is 11.8. The summed E-state index contributed by atoms with van der Waals surface area (Å²) in [5, 5.41) is 4.50. The number of carbonyl (C=O) groups excluding carboxylic acids is 1. The molecular weight excluding hydrogens is 238 g/mol. The summed E-state index contributed by atoms with van der Waals surface area (Å²) < 4.78 is 0. The first-order valence-electron chi connectivity index (χ1n) is 5.67. The van der Waals surface area contributed by atoms with Crippen LogP contribution in [0.2, 0.25) is 0 Å². The van der Waals surface area contributed by atoms with E-state index in [0.717, 1.165) is 23.5 Å². The number of carbonyl (C=O) groups is 1. The predicted octanol–water partition coefficient (Wildman–Crippen LogP) is 0.674. The number of H-pyrrole nitrogens is 1. The standard InChI is InChI=1S/C11H19N3O2S/c1-7(2)3-8(4-12)10(15)13-5-9-6-17-11(16)14-9/h6-8H,3-5,12H2,1-2H3,(H,13,15)(H,14,16). The van der Waals surface area contributed by atoms with Gasteiger partial charge in [-0.2, -0.15) is 0 Å². The Balaban J connectivity index is 2.44. The Hall–Kier alpha value is -1.14. The Morgan fingerprint density at radius 1 is 1.59 bits per heavy atom. The van der Waals surface area contributed by atoms with E-state index in [1.165, 1.54) is 0 Å². The number of aromatic amines is 1. The fourth-order valence-electron chi connectivity index (χ4n) is 1.61. The van der Waals surface area contributed by atoms with Gasteiger partial charge in [-0.15, -0.1) is 0 Å². The van der Waals surface area contributed by atoms with E-state index in [4.69, 9.17) is 5.73 Å². The highest BCUT2D eigenvalue weighted by molar-refractivity contribution is 7.07. The number of thiazole rings is 1. The molecule has 1 rings (SSSR count). The van der Waals surface area contributed by atoms with Gasteiger partial charge in [-0.3, -0.25) is 9.59 Å². The summed E-state index contributed by atoms with van der Waals surface area (Å²) in [4.78, 5) is 25.3. The number of aromatic nitrogens is 1. The van der Waals surface area contributed by atoms with Crippen molar-refractivity contribution < 1.29 is 4.79 Å². The molecule has 1 unspecified atom stereocenters. The molecule has 6 heteroatoms. The lowest BCUT2D eigenvalue weighted by atomic mass is 9.96. The summed E-state index contributed by atoms with van der Waals surface area (Å²) in [5.41, 5.74) is 6.31. The van der Waals surface area contributed by atoms with Crippen molar-refractivity contribution in [3.8, 4) is 0 Å². The molecule has 0 aromatic carbocycles. The molecule has 96 valence electrons. The number of amides is 1. The zero-order valence-corrected chi connectivity index (χ0v) is 11.0. The second-order valence-electron chi connectivity index (χ2n) is 4.45. The van der Waals surface area contributed by atoms with Crippen LogP contribution in [0.25, 0.3) is 0 Å². The first-order chi connectivity index (χ1) is 8.02. The highest BCUT2D eigenvalue weighted by atomic mass is 32.1. The van der Waals surface area contributed by atoms with Crippen LogP contribution in [-0.4, -0.2) is 17.4 Å². The van der Waals surface area contributed by atoms with Gasteiger partial charge in [0, 0.05) is 17.6 Å². The lowest BCUT2D eigenvalue weighted by molar-refractivity contribution is -0.125. The molecule has 4 N–H and O–H groups in total. The van der Waals surface area contributed by atoms with Gasteiger partial charge < -0.3 is 16.0 Å². The molecular formula is C11H19N3O2S. The van der Waals surface area contributed by atoms with Gasteiger partial charge in [0.05, 0.1) is 12.5 Å². The van der Waals surface area contributed by atoms with Crippen LogP contribution >= 0.6 is 11.3 Å². The van der Waals surface area contributed by atoms with Gasteiger partial charge in [-0.05, 0) is 12.3 Å². The minimum Gasteiger partial charge on any atom is -0.350 e. The SMILES string of the molecule is CC(C)CC(CN)C(=O)NCc1csc(=O)[nH]1. The summed E-state index contributed by atoms with van der Waals surface area (Å²) in [6.07, 6.45) is 0.780. The Morgan fingerprint density at radius 3 is 2.76 bits per heavy atom. The summed E-state index contributed by atoms with van der Waals surface area (Å²) in [6.45, 7) is 4.83. The minimum atomic E-state index is -0.152. The number of rotatable bonds is 6. The van der Waals surface area contributed by atoms with Gasteiger partial charge in [0.1, 0.15) is 0 Å². The van der Waals surface area contributed by atoms with E-state index in [0.29, 0.717) is 19.0 Å². The molecule has 0 fully saturated rings. The lowest BCUT2D eigenvalue weighted by Gasteiger charge is -2.16. The Kier molecular flexibility index (Phi) is 5.37. The second kappa shape index (κ2) is 6.56. The predicted molar refractivity (Wildman–Crippen MR) is 68.8 cm³/mol. The van der Waals surface area contributed by atoms with Crippen molar-refractivity contribution in [2.24, 2.45) is 17.6 Å². The normalized spacial score (nSPS) is 12.7. The molecule has 0 radical (unpaired) electrons. The summed E-state index contributed by atoms with van der Waals surface area (Å²) in [7, 11) is 0. The van der Waals surface area contributed by atoms with Gasteiger partial charge in [-0.25, -0.2) is 0 Å². The van der Waals surface area contributed by atoms with E-state index in [2.05, 4.69) is 24.1 Å². The van der Waals surface area contributed by atoms with Gasteiger partial charge in [0.2, 0.25) is 5.91 Å². The third-order valence-electron chi connectivity index (χ3n) is 2.44. The zero-order valence-electron chi connectivity index (χ0n) is 10.2. The quantitative estimate of drug-likeness (QED) is 0.700. The van der Waals surface area contributed by atoms with E-state index < -0.39 is 0 Å². The summed E-state index contributed by atoms with van der Waals surface area (Å²) in [6, 6.07) is 0. The van der Waals surface area contributed by atoms with Crippen molar-refractivity contribution in [1.82, 2.24) is 10.3 Å².